The number of aryl methyl sites for hydroxylation is 1. The van der Waals surface area contributed by atoms with Gasteiger partial charge in [0.25, 0.3) is 0 Å². The van der Waals surface area contributed by atoms with Crippen LogP contribution in [0.5, 0.6) is 11.5 Å². The average Bonchev–Trinajstić information content (AvgIpc) is 3.11. The fraction of sp³-hybridized carbons (Fsp3) is 0.333. The first kappa shape index (κ1) is 18.3. The molecular formula is C21H23FN4O2. The molecule has 0 amide bonds. The fourth-order valence-corrected chi connectivity index (χ4v) is 3.84. The molecule has 0 spiro atoms. The van der Waals surface area contributed by atoms with Crippen molar-refractivity contribution in [3.63, 3.8) is 0 Å². The van der Waals surface area contributed by atoms with Crippen LogP contribution in [-0.2, 0) is 12.8 Å². The van der Waals surface area contributed by atoms with Crippen LogP contribution in [0, 0.1) is 11.7 Å². The van der Waals surface area contributed by atoms with Crippen LogP contribution in [0.1, 0.15) is 24.6 Å². The molecule has 0 bridgehead atoms. The number of aromatic nitrogens is 2. The molecule has 1 fully saturated rings. The van der Waals surface area contributed by atoms with Crippen LogP contribution in [0.15, 0.2) is 30.6 Å². The number of hydrogen-bond donors (Lipinski definition) is 3. The lowest BCUT2D eigenvalue weighted by Crippen LogP contribution is -2.45. The highest BCUT2D eigenvalue weighted by Crippen LogP contribution is 2.36. The van der Waals surface area contributed by atoms with Gasteiger partial charge in [-0.3, -0.25) is 9.97 Å². The number of pyridine rings is 2. The topological polar surface area (TPSA) is 95.5 Å². The number of benzene rings is 1. The predicted octanol–water partition coefficient (Wildman–Crippen LogP) is 3.39. The summed E-state index contributed by atoms with van der Waals surface area (Å²) in [4.78, 5) is 10.2. The van der Waals surface area contributed by atoms with E-state index in [-0.39, 0.29) is 17.3 Å². The Morgan fingerprint density at radius 3 is 2.64 bits per heavy atom. The fourth-order valence-electron chi connectivity index (χ4n) is 3.84. The van der Waals surface area contributed by atoms with Gasteiger partial charge in [-0.25, -0.2) is 4.39 Å². The lowest BCUT2D eigenvalue weighted by molar-refractivity contribution is 0.405. The highest BCUT2D eigenvalue weighted by molar-refractivity contribution is 5.94. The zero-order valence-electron chi connectivity index (χ0n) is 15.7. The molecule has 1 aliphatic heterocycles. The Bertz CT molecular complexity index is 1030. The van der Waals surface area contributed by atoms with Crippen LogP contribution >= 0.6 is 0 Å². The van der Waals surface area contributed by atoms with Gasteiger partial charge >= 0.3 is 0 Å². The second kappa shape index (κ2) is 7.14. The Balaban J connectivity index is 0.000000143. The number of nitrogens with zero attached hydrogens (tertiary/aromatic N) is 3. The van der Waals surface area contributed by atoms with Crippen LogP contribution < -0.4 is 10.6 Å². The Kier molecular flexibility index (Phi) is 4.66. The first-order valence-corrected chi connectivity index (χ1v) is 9.41. The van der Waals surface area contributed by atoms with Crippen LogP contribution in [0.3, 0.4) is 0 Å². The summed E-state index contributed by atoms with van der Waals surface area (Å²) in [7, 11) is 0. The molecule has 0 unspecified atom stereocenters. The lowest BCUT2D eigenvalue weighted by Gasteiger charge is -2.39. The third-order valence-electron chi connectivity index (χ3n) is 5.31. The molecule has 1 aliphatic carbocycles. The molecule has 0 radical (unpaired) electrons. The van der Waals surface area contributed by atoms with Gasteiger partial charge in [0.05, 0.1) is 17.4 Å². The van der Waals surface area contributed by atoms with Crippen molar-refractivity contribution >= 4 is 22.3 Å². The molecule has 5 rings (SSSR count). The third-order valence-corrected chi connectivity index (χ3v) is 5.31. The summed E-state index contributed by atoms with van der Waals surface area (Å²) < 4.78 is 13.1. The van der Waals surface area contributed by atoms with Crippen molar-refractivity contribution in [1.29, 1.82) is 0 Å². The zero-order valence-corrected chi connectivity index (χ0v) is 15.7. The molecular weight excluding hydrogens is 359 g/mol. The Labute approximate surface area is 162 Å². The molecule has 146 valence electrons. The first-order chi connectivity index (χ1) is 13.4. The van der Waals surface area contributed by atoms with Gasteiger partial charge in [0, 0.05) is 42.1 Å². The minimum Gasteiger partial charge on any atom is -0.504 e. The van der Waals surface area contributed by atoms with Crippen molar-refractivity contribution in [2.24, 2.45) is 5.92 Å². The molecule has 6 nitrogen and oxygen atoms in total. The Morgan fingerprint density at radius 2 is 1.93 bits per heavy atom. The van der Waals surface area contributed by atoms with E-state index in [9.17, 15) is 14.6 Å². The summed E-state index contributed by atoms with van der Waals surface area (Å²) in [6.45, 7) is 4.08. The molecule has 28 heavy (non-hydrogen) atoms. The van der Waals surface area contributed by atoms with E-state index in [0.29, 0.717) is 22.8 Å². The van der Waals surface area contributed by atoms with Crippen LogP contribution in [0.2, 0.25) is 0 Å². The van der Waals surface area contributed by atoms with Gasteiger partial charge in [0.15, 0.2) is 17.3 Å². The number of phenols is 2. The molecule has 0 atom stereocenters. The van der Waals surface area contributed by atoms with Gasteiger partial charge in [-0.1, -0.05) is 6.92 Å². The second-order valence-corrected chi connectivity index (χ2v) is 7.50. The third kappa shape index (κ3) is 3.28. The molecule has 1 saturated heterocycles. The average molecular weight is 382 g/mol. The van der Waals surface area contributed by atoms with Crippen LogP contribution in [0.25, 0.3) is 10.9 Å². The molecule has 3 heterocycles. The predicted molar refractivity (Wildman–Crippen MR) is 107 cm³/mol. The zero-order chi connectivity index (χ0) is 19.8. The normalized spacial score (nSPS) is 15.7. The Morgan fingerprint density at radius 1 is 1.18 bits per heavy atom. The van der Waals surface area contributed by atoms with Crippen molar-refractivity contribution < 1.29 is 14.6 Å². The molecule has 7 heteroatoms. The maximum Gasteiger partial charge on any atom is 0.164 e. The van der Waals surface area contributed by atoms with Crippen LogP contribution in [0.4, 0.5) is 15.8 Å². The molecule has 0 saturated carbocycles. The number of phenolic OH excluding ortho intramolecular Hbond substituents is 2. The Hall–Kier alpha value is -3.09. The summed E-state index contributed by atoms with van der Waals surface area (Å²) in [5.74, 6) is 0.165. The van der Waals surface area contributed by atoms with Gasteiger partial charge < -0.3 is 20.8 Å². The summed E-state index contributed by atoms with van der Waals surface area (Å²) in [5, 5.41) is 19.6. The first-order valence-electron chi connectivity index (χ1n) is 9.41. The quantitative estimate of drug-likeness (QED) is 0.559. The molecule has 2 aliphatic rings. The SMILES string of the molecule is CC1CN(c2ccncc2F)C1.Nc1c2c(nc3cc(O)c(O)cc13)CCC2. The maximum absolute atomic E-state index is 13.1. The molecule has 3 aromatic rings. The van der Waals surface area contributed by atoms with E-state index in [4.69, 9.17) is 5.73 Å². The summed E-state index contributed by atoms with van der Waals surface area (Å²) in [5.41, 5.74) is 10.2. The minimum atomic E-state index is -0.218. The summed E-state index contributed by atoms with van der Waals surface area (Å²) in [6, 6.07) is 4.66. The molecule has 1 aromatic carbocycles. The van der Waals surface area contributed by atoms with Gasteiger partial charge in [-0.05, 0) is 42.9 Å². The number of nitrogen functional groups attached to an aromatic ring is 1. The minimum absolute atomic E-state index is 0.154. The van der Waals surface area contributed by atoms with Gasteiger partial charge in [0.1, 0.15) is 0 Å². The van der Waals surface area contributed by atoms with Crippen molar-refractivity contribution in [3.05, 3.63) is 47.7 Å². The number of nitrogens with two attached hydrogens (primary N) is 1. The largest absolute Gasteiger partial charge is 0.504 e. The smallest absolute Gasteiger partial charge is 0.164 e. The van der Waals surface area contributed by atoms with E-state index in [2.05, 4.69) is 16.9 Å². The van der Waals surface area contributed by atoms with E-state index in [1.165, 1.54) is 18.3 Å². The van der Waals surface area contributed by atoms with Crippen molar-refractivity contribution in [2.75, 3.05) is 23.7 Å². The number of anilines is 2. The lowest BCUT2D eigenvalue weighted by atomic mass is 10.0. The van der Waals surface area contributed by atoms with Crippen molar-refractivity contribution in [1.82, 2.24) is 9.97 Å². The van der Waals surface area contributed by atoms with E-state index in [0.717, 1.165) is 49.0 Å². The van der Waals surface area contributed by atoms with Crippen molar-refractivity contribution in [3.8, 4) is 11.5 Å². The number of rotatable bonds is 1. The van der Waals surface area contributed by atoms with E-state index < -0.39 is 0 Å². The maximum atomic E-state index is 13.1. The standard InChI is InChI=1S/C12H12N2O2.C9H11FN2/c13-12-6-2-1-3-8(6)14-9-5-11(16)10(15)4-7(9)12;1-7-5-12(6-7)9-2-3-11-4-8(9)10/h4-5,15-16H,1-3H2,(H2,13,14);2-4,7H,5-6H2,1H3. The van der Waals surface area contributed by atoms with Gasteiger partial charge in [-0.2, -0.15) is 0 Å². The highest BCUT2D eigenvalue weighted by atomic mass is 19.1. The van der Waals surface area contributed by atoms with E-state index >= 15 is 0 Å². The van der Waals surface area contributed by atoms with Crippen molar-refractivity contribution in [2.45, 2.75) is 26.2 Å². The van der Waals surface area contributed by atoms with Crippen LogP contribution in [-0.4, -0.2) is 33.3 Å². The number of aromatic hydroxyl groups is 2. The van der Waals surface area contributed by atoms with E-state index in [1.54, 1.807) is 12.3 Å². The monoisotopic (exact) mass is 382 g/mol. The van der Waals surface area contributed by atoms with E-state index in [1.807, 2.05) is 4.90 Å². The molecule has 2 aromatic heterocycles. The number of hydrogen-bond acceptors (Lipinski definition) is 6. The molecule has 4 N–H and O–H groups in total. The number of fused-ring (bicyclic) bond motifs is 2. The second-order valence-electron chi connectivity index (χ2n) is 7.50. The van der Waals surface area contributed by atoms with Gasteiger partial charge in [0.2, 0.25) is 0 Å². The summed E-state index contributed by atoms with van der Waals surface area (Å²) in [6.07, 6.45) is 5.85. The summed E-state index contributed by atoms with van der Waals surface area (Å²) >= 11 is 0. The number of halogens is 1. The van der Waals surface area contributed by atoms with Gasteiger partial charge in [-0.15, -0.1) is 0 Å². The highest BCUT2D eigenvalue weighted by Gasteiger charge is 2.24.